The number of imidazole rings is 1. The van der Waals surface area contributed by atoms with Crippen molar-refractivity contribution in [1.29, 1.82) is 0 Å². The third-order valence-electron chi connectivity index (χ3n) is 3.21. The summed E-state index contributed by atoms with van der Waals surface area (Å²) in [5, 5.41) is 3.02. The number of aryl methyl sites for hydroxylation is 2. The second-order valence-corrected chi connectivity index (χ2v) is 4.69. The third-order valence-corrected chi connectivity index (χ3v) is 3.21. The number of pyridine rings is 1. The Morgan fingerprint density at radius 3 is 2.90 bits per heavy atom. The third kappa shape index (κ3) is 2.52. The van der Waals surface area contributed by atoms with Crippen LogP contribution in [0.5, 0.6) is 11.6 Å². The zero-order valence-electron chi connectivity index (χ0n) is 12.3. The largest absolute Gasteiger partial charge is 0.434 e. The number of hydrogen-bond acceptors (Lipinski definition) is 5. The average Bonchev–Trinajstić information content (AvgIpc) is 2.97. The van der Waals surface area contributed by atoms with Gasteiger partial charge in [0.1, 0.15) is 5.82 Å². The van der Waals surface area contributed by atoms with E-state index in [2.05, 4.69) is 27.2 Å². The Bertz CT molecular complexity index is 781. The molecule has 0 aliphatic rings. The van der Waals surface area contributed by atoms with Gasteiger partial charge in [-0.3, -0.25) is 9.38 Å². The van der Waals surface area contributed by atoms with Gasteiger partial charge in [-0.15, -0.1) is 0 Å². The zero-order valence-corrected chi connectivity index (χ0v) is 12.3. The van der Waals surface area contributed by atoms with Crippen molar-refractivity contribution in [3.63, 3.8) is 0 Å². The first-order valence-electron chi connectivity index (χ1n) is 6.87. The van der Waals surface area contributed by atoms with Gasteiger partial charge in [0.2, 0.25) is 5.65 Å². The highest BCUT2D eigenvalue weighted by atomic mass is 16.5. The highest BCUT2D eigenvalue weighted by molar-refractivity contribution is 5.55. The lowest BCUT2D eigenvalue weighted by Gasteiger charge is -2.11. The molecule has 0 saturated heterocycles. The summed E-state index contributed by atoms with van der Waals surface area (Å²) in [6, 6.07) is 3.85. The molecule has 0 saturated carbocycles. The van der Waals surface area contributed by atoms with Crippen molar-refractivity contribution in [2.24, 2.45) is 0 Å². The molecule has 3 heterocycles. The van der Waals surface area contributed by atoms with Gasteiger partial charge < -0.3 is 10.1 Å². The number of nitrogens with one attached hydrogen (secondary N) is 1. The molecule has 3 rings (SSSR count). The van der Waals surface area contributed by atoms with Crippen LogP contribution in [-0.4, -0.2) is 26.4 Å². The predicted molar refractivity (Wildman–Crippen MR) is 81.0 cm³/mol. The normalized spacial score (nSPS) is 10.8. The van der Waals surface area contributed by atoms with Gasteiger partial charge in [-0.25, -0.2) is 4.98 Å². The van der Waals surface area contributed by atoms with Crippen LogP contribution in [0.25, 0.3) is 5.65 Å². The molecule has 0 aliphatic heterocycles. The van der Waals surface area contributed by atoms with E-state index in [0.29, 0.717) is 23.1 Å². The molecule has 6 heteroatoms. The number of fused-ring (bicyclic) bond motifs is 1. The van der Waals surface area contributed by atoms with Crippen LogP contribution < -0.4 is 10.1 Å². The fraction of sp³-hybridized carbons (Fsp3) is 0.267. The molecule has 21 heavy (non-hydrogen) atoms. The van der Waals surface area contributed by atoms with Gasteiger partial charge in [0, 0.05) is 25.1 Å². The van der Waals surface area contributed by atoms with Crippen molar-refractivity contribution in [2.75, 3.05) is 12.4 Å². The van der Waals surface area contributed by atoms with E-state index < -0.39 is 0 Å². The molecule has 0 spiro atoms. The van der Waals surface area contributed by atoms with E-state index >= 15 is 0 Å². The summed E-state index contributed by atoms with van der Waals surface area (Å²) in [6.45, 7) is 4.02. The quantitative estimate of drug-likeness (QED) is 0.797. The van der Waals surface area contributed by atoms with Crippen LogP contribution in [0.15, 0.2) is 30.7 Å². The molecule has 1 N–H and O–H groups in total. The molecule has 3 aromatic rings. The summed E-state index contributed by atoms with van der Waals surface area (Å²) < 4.78 is 7.85. The fourth-order valence-corrected chi connectivity index (χ4v) is 2.14. The first kappa shape index (κ1) is 13.4. The standard InChI is InChI=1S/C15H17N5O/c1-4-11-12(6-5-10(2)18-11)21-15-14-17-7-8-20(14)9-13(16-3)19-15/h5-9,16H,4H2,1-3H3. The Kier molecular flexibility index (Phi) is 3.43. The second kappa shape index (κ2) is 5.40. The predicted octanol–water partition coefficient (Wildman–Crippen LogP) is 2.83. The highest BCUT2D eigenvalue weighted by Gasteiger charge is 2.12. The van der Waals surface area contributed by atoms with Crippen molar-refractivity contribution in [2.45, 2.75) is 20.3 Å². The van der Waals surface area contributed by atoms with Crippen molar-refractivity contribution in [3.8, 4) is 11.6 Å². The Morgan fingerprint density at radius 1 is 1.29 bits per heavy atom. The van der Waals surface area contributed by atoms with E-state index in [0.717, 1.165) is 17.8 Å². The first-order valence-corrected chi connectivity index (χ1v) is 6.87. The molecule has 0 fully saturated rings. The number of aromatic nitrogens is 4. The van der Waals surface area contributed by atoms with Gasteiger partial charge in [0.25, 0.3) is 5.88 Å². The molecule has 0 radical (unpaired) electrons. The van der Waals surface area contributed by atoms with Crippen LogP contribution >= 0.6 is 0 Å². The van der Waals surface area contributed by atoms with Gasteiger partial charge in [0.05, 0.1) is 11.9 Å². The molecule has 108 valence electrons. The van der Waals surface area contributed by atoms with Gasteiger partial charge in [-0.05, 0) is 25.5 Å². The highest BCUT2D eigenvalue weighted by Crippen LogP contribution is 2.27. The zero-order chi connectivity index (χ0) is 14.8. The molecule has 0 unspecified atom stereocenters. The van der Waals surface area contributed by atoms with E-state index in [-0.39, 0.29) is 0 Å². The number of nitrogens with zero attached hydrogens (tertiary/aromatic N) is 4. The maximum absolute atomic E-state index is 5.97. The monoisotopic (exact) mass is 283 g/mol. The van der Waals surface area contributed by atoms with Crippen molar-refractivity contribution in [3.05, 3.63) is 42.1 Å². The summed E-state index contributed by atoms with van der Waals surface area (Å²) in [6.07, 6.45) is 6.24. The Morgan fingerprint density at radius 2 is 2.14 bits per heavy atom. The summed E-state index contributed by atoms with van der Waals surface area (Å²) in [7, 11) is 1.82. The van der Waals surface area contributed by atoms with E-state index in [4.69, 9.17) is 4.74 Å². The number of hydrogen-bond donors (Lipinski definition) is 1. The fourth-order valence-electron chi connectivity index (χ4n) is 2.14. The lowest BCUT2D eigenvalue weighted by Crippen LogP contribution is -2.02. The topological polar surface area (TPSA) is 64.3 Å². The maximum Gasteiger partial charge on any atom is 0.265 e. The van der Waals surface area contributed by atoms with Gasteiger partial charge in [-0.2, -0.15) is 4.98 Å². The minimum atomic E-state index is 0.465. The Balaban J connectivity index is 2.07. The minimum absolute atomic E-state index is 0.465. The van der Waals surface area contributed by atoms with E-state index in [9.17, 15) is 0 Å². The van der Waals surface area contributed by atoms with E-state index in [1.54, 1.807) is 6.20 Å². The van der Waals surface area contributed by atoms with Gasteiger partial charge >= 0.3 is 0 Å². The van der Waals surface area contributed by atoms with E-state index in [1.807, 2.05) is 42.9 Å². The Hall–Kier alpha value is -2.63. The van der Waals surface area contributed by atoms with Crippen LogP contribution in [0, 0.1) is 6.92 Å². The molecular formula is C15H17N5O. The molecule has 3 aromatic heterocycles. The lowest BCUT2D eigenvalue weighted by atomic mass is 10.2. The molecule has 0 aliphatic carbocycles. The maximum atomic E-state index is 5.97. The molecular weight excluding hydrogens is 266 g/mol. The molecule has 0 bridgehead atoms. The van der Waals surface area contributed by atoms with Crippen molar-refractivity contribution >= 4 is 11.5 Å². The molecule has 0 atom stereocenters. The van der Waals surface area contributed by atoms with Crippen LogP contribution in [0.1, 0.15) is 18.3 Å². The van der Waals surface area contributed by atoms with Crippen LogP contribution in [0.4, 0.5) is 5.82 Å². The number of anilines is 1. The first-order chi connectivity index (χ1) is 10.2. The summed E-state index contributed by atoms with van der Waals surface area (Å²) in [5.41, 5.74) is 2.56. The minimum Gasteiger partial charge on any atom is -0.434 e. The van der Waals surface area contributed by atoms with Crippen LogP contribution in [-0.2, 0) is 6.42 Å². The van der Waals surface area contributed by atoms with Crippen LogP contribution in [0.3, 0.4) is 0 Å². The SMILES string of the molecule is CCc1nc(C)ccc1Oc1nc(NC)cn2ccnc12. The average molecular weight is 283 g/mol. The van der Waals surface area contributed by atoms with Crippen molar-refractivity contribution in [1.82, 2.24) is 19.4 Å². The second-order valence-electron chi connectivity index (χ2n) is 4.69. The number of rotatable bonds is 4. The Labute approximate surface area is 122 Å². The summed E-state index contributed by atoms with van der Waals surface area (Å²) >= 11 is 0. The van der Waals surface area contributed by atoms with Crippen LogP contribution in [0.2, 0.25) is 0 Å². The van der Waals surface area contributed by atoms with Crippen molar-refractivity contribution < 1.29 is 4.74 Å². The van der Waals surface area contributed by atoms with Gasteiger partial charge in [-0.1, -0.05) is 6.92 Å². The number of ether oxygens (including phenoxy) is 1. The molecule has 0 amide bonds. The van der Waals surface area contributed by atoms with E-state index in [1.165, 1.54) is 0 Å². The van der Waals surface area contributed by atoms with Gasteiger partial charge in [0.15, 0.2) is 5.75 Å². The lowest BCUT2D eigenvalue weighted by molar-refractivity contribution is 0.457. The smallest absolute Gasteiger partial charge is 0.265 e. The summed E-state index contributed by atoms with van der Waals surface area (Å²) in [5.74, 6) is 1.90. The summed E-state index contributed by atoms with van der Waals surface area (Å²) in [4.78, 5) is 13.2. The molecule has 6 nitrogen and oxygen atoms in total. The molecule has 0 aromatic carbocycles.